The van der Waals surface area contributed by atoms with Gasteiger partial charge in [0.25, 0.3) is 0 Å². The van der Waals surface area contributed by atoms with Crippen molar-refractivity contribution in [2.45, 2.75) is 198 Å². The van der Waals surface area contributed by atoms with E-state index in [0.29, 0.717) is 18.4 Å². The number of unbranched alkanes of at least 4 members (excludes halogenated alkanes) is 1. The Bertz CT molecular complexity index is 2930. The molecule has 1 aliphatic heterocycles. The van der Waals surface area contributed by atoms with Crippen molar-refractivity contribution in [2.75, 3.05) is 26.2 Å². The number of carboxylic acids is 1. The first-order valence-electron chi connectivity index (χ1n) is 31.6. The molecule has 35 nitrogen and oxygen atoms in total. The topological polar surface area (TPSA) is 582 Å². The number of aliphatic hydroxyl groups excluding tert-OH is 1. The molecule has 1 aliphatic rings. The molecular formula is C60H98N20O15. The summed E-state index contributed by atoms with van der Waals surface area (Å²) in [5.74, 6) is -12.4. The number of phenolic OH excluding ortho intramolecular Hbond substituents is 1. The van der Waals surface area contributed by atoms with Gasteiger partial charge in [-0.1, -0.05) is 39.8 Å². The van der Waals surface area contributed by atoms with E-state index >= 15 is 0 Å². The number of guanidine groups is 2. The number of H-pyrrole nitrogens is 1. The summed E-state index contributed by atoms with van der Waals surface area (Å²) in [4.78, 5) is 173. The van der Waals surface area contributed by atoms with Crippen LogP contribution in [0.3, 0.4) is 0 Å². The van der Waals surface area contributed by atoms with Crippen LogP contribution in [0.15, 0.2) is 36.8 Å². The van der Waals surface area contributed by atoms with Crippen molar-refractivity contribution in [3.63, 3.8) is 0 Å². The highest BCUT2D eigenvalue weighted by molar-refractivity contribution is 6.00. The Labute approximate surface area is 550 Å². The molecule has 95 heavy (non-hydrogen) atoms. The van der Waals surface area contributed by atoms with Gasteiger partial charge < -0.3 is 107 Å². The standard InChI is InChI=1S/C60H98N20O15/c1-31(2)24-41(49(62)86)75-50(87)39(13-9-21-68-59(63)64)73-53(90)43(26-35-16-18-37(83)19-17-35)76-51(88)38(12-7-8-20-61)72-54(91)45(28-47(84)85)78-57(94)48(33(5)81)79-55(92)44(27-36-29-67-30-70-36)77-56(93)46-15-11-23-80(46)58(95)40(14-10-22-69-60(65)66)74-52(89)42(25-32(3)4)71-34(6)82/h16-19,29-33,38-46,48,81,83H,7-15,20-28,61H2,1-6H3,(H2,62,86)(H,67,70)(H,71,82)(H,72,91)(H,73,90)(H,74,89)(H,75,87)(H,76,88)(H,77,93)(H,78,94)(H,79,92)(H,84,85)(H4,63,64,68)(H4,65,66,69)/t33-,38+,39+,40+,41+,42+,43+,44+,45+,46+,48+/m1/s1. The number of hydrogen-bond donors (Lipinski definition) is 21. The summed E-state index contributed by atoms with van der Waals surface area (Å²) in [6, 6.07) is -9.11. The molecule has 35 heteroatoms. The number of likely N-dealkylation sites (tertiary alicyclic amines) is 1. The molecule has 1 saturated heterocycles. The van der Waals surface area contributed by atoms with Gasteiger partial charge in [0.1, 0.15) is 66.2 Å². The lowest BCUT2D eigenvalue weighted by molar-refractivity contribution is -0.143. The van der Waals surface area contributed by atoms with E-state index in [-0.39, 0.29) is 132 Å². The Morgan fingerprint density at radius 1 is 0.611 bits per heavy atom. The molecule has 0 saturated carbocycles. The van der Waals surface area contributed by atoms with Gasteiger partial charge in [-0.3, -0.25) is 68.4 Å². The highest BCUT2D eigenvalue weighted by Crippen LogP contribution is 2.21. The van der Waals surface area contributed by atoms with Crippen LogP contribution in [0, 0.1) is 22.7 Å². The van der Waals surface area contributed by atoms with E-state index in [0.717, 1.165) is 6.92 Å². The van der Waals surface area contributed by atoms with Gasteiger partial charge >= 0.3 is 5.97 Å². The average molecular weight is 1340 g/mol. The molecule has 11 atom stereocenters. The summed E-state index contributed by atoms with van der Waals surface area (Å²) in [7, 11) is 0. The summed E-state index contributed by atoms with van der Waals surface area (Å²) >= 11 is 0. The number of carbonyl (C=O) groups excluding carboxylic acids is 11. The Hall–Kier alpha value is -9.67. The van der Waals surface area contributed by atoms with E-state index in [1.807, 2.05) is 13.8 Å². The van der Waals surface area contributed by atoms with Gasteiger partial charge in [-0.05, 0) is 114 Å². The number of rotatable bonds is 42. The fraction of sp³-hybridized carbons (Fsp3) is 0.617. The second kappa shape index (κ2) is 40.4. The van der Waals surface area contributed by atoms with Gasteiger partial charge in [-0.15, -0.1) is 0 Å². The SMILES string of the molecule is CC(=O)N[C@@H](CC(C)C)C(=O)N[C@@H](CCCNC(=N)N)C(=O)N1CCC[C@H]1C(=O)N[C@@H](Cc1c[nH]cn1)C(=O)N[C@H](C(=O)N[C@@H](CC(=O)O)C(=O)N[C@@H](CCCCN)C(=O)N[C@@H](Cc1ccc(O)cc1)C(=O)N[C@@H](CCCNC(=N)N)C(=O)N[C@@H](CC(C)C)C(N)=O)[C@@H](C)O. The number of benzene rings is 1. The van der Waals surface area contributed by atoms with E-state index in [9.17, 15) is 72.9 Å². The Kier molecular flexibility index (Phi) is 33.9. The lowest BCUT2D eigenvalue weighted by Gasteiger charge is -2.31. The number of imidazole rings is 1. The molecule has 0 radical (unpaired) electrons. The second-order valence-corrected chi connectivity index (χ2v) is 24.2. The molecule has 1 fully saturated rings. The highest BCUT2D eigenvalue weighted by atomic mass is 16.4. The quantitative estimate of drug-likeness (QED) is 0.0169. The number of primary amides is 1. The average Bonchev–Trinajstić information content (AvgIpc) is 1.78. The molecule has 528 valence electrons. The number of amides is 11. The van der Waals surface area contributed by atoms with E-state index in [1.165, 1.54) is 48.6 Å². The van der Waals surface area contributed by atoms with Crippen LogP contribution in [-0.4, -0.2) is 206 Å². The maximum Gasteiger partial charge on any atom is 0.305 e. The number of carbonyl (C=O) groups is 12. The number of aliphatic carboxylic acids is 1. The monoisotopic (exact) mass is 1340 g/mol. The zero-order valence-corrected chi connectivity index (χ0v) is 54.6. The summed E-state index contributed by atoms with van der Waals surface area (Å²) in [5, 5.41) is 74.3. The smallest absolute Gasteiger partial charge is 0.305 e. The van der Waals surface area contributed by atoms with Crippen molar-refractivity contribution >= 4 is 82.9 Å². The first kappa shape index (κ1) is 79.6. The van der Waals surface area contributed by atoms with Crippen LogP contribution >= 0.6 is 0 Å². The molecule has 1 aromatic carbocycles. The zero-order chi connectivity index (χ0) is 71.1. The first-order chi connectivity index (χ1) is 44.8. The third-order valence-electron chi connectivity index (χ3n) is 15.1. The molecule has 11 amide bonds. The number of phenols is 1. The summed E-state index contributed by atoms with van der Waals surface area (Å²) in [6.07, 6.45) is 0.612. The molecule has 25 N–H and O–H groups in total. The highest BCUT2D eigenvalue weighted by Gasteiger charge is 2.41. The van der Waals surface area contributed by atoms with Crippen molar-refractivity contribution in [1.29, 1.82) is 10.8 Å². The maximum atomic E-state index is 14.5. The van der Waals surface area contributed by atoms with Crippen molar-refractivity contribution in [3.05, 3.63) is 48.0 Å². The molecular weight excluding hydrogens is 1240 g/mol. The normalized spacial score (nSPS) is 15.9. The molecule has 0 bridgehead atoms. The lowest BCUT2D eigenvalue weighted by Crippen LogP contribution is -2.62. The Morgan fingerprint density at radius 2 is 1.09 bits per heavy atom. The van der Waals surface area contributed by atoms with Crippen LogP contribution in [0.5, 0.6) is 5.75 Å². The van der Waals surface area contributed by atoms with Crippen LogP contribution in [-0.2, 0) is 70.4 Å². The summed E-state index contributed by atoms with van der Waals surface area (Å²) < 4.78 is 0. The van der Waals surface area contributed by atoms with Crippen molar-refractivity contribution in [2.24, 2.45) is 34.8 Å². The minimum atomic E-state index is -2.02. The van der Waals surface area contributed by atoms with Crippen LogP contribution < -0.4 is 81.4 Å². The number of aromatic nitrogens is 2. The number of carboxylic acid groups (broad SMARTS) is 1. The van der Waals surface area contributed by atoms with E-state index in [2.05, 4.69) is 68.5 Å². The molecule has 0 unspecified atom stereocenters. The van der Waals surface area contributed by atoms with Crippen molar-refractivity contribution < 1.29 is 72.9 Å². The number of nitrogens with two attached hydrogens (primary N) is 4. The van der Waals surface area contributed by atoms with Gasteiger partial charge in [-0.25, -0.2) is 4.98 Å². The minimum Gasteiger partial charge on any atom is -0.508 e. The maximum absolute atomic E-state index is 14.5. The number of aromatic hydroxyl groups is 1. The van der Waals surface area contributed by atoms with E-state index < -0.39 is 144 Å². The number of nitrogens with one attached hydrogen (secondary N) is 14. The van der Waals surface area contributed by atoms with Gasteiger partial charge in [0.15, 0.2) is 11.9 Å². The molecule has 0 spiro atoms. The molecule has 2 heterocycles. The van der Waals surface area contributed by atoms with Gasteiger partial charge in [-0.2, -0.15) is 0 Å². The number of aromatic amines is 1. The third kappa shape index (κ3) is 29.0. The van der Waals surface area contributed by atoms with Gasteiger partial charge in [0.2, 0.25) is 65.0 Å². The van der Waals surface area contributed by atoms with Crippen LogP contribution in [0.4, 0.5) is 0 Å². The Balaban J connectivity index is 1.95. The molecule has 0 aliphatic carbocycles. The van der Waals surface area contributed by atoms with Crippen molar-refractivity contribution in [1.82, 2.24) is 73.4 Å². The molecule has 3 rings (SSSR count). The van der Waals surface area contributed by atoms with Crippen molar-refractivity contribution in [3.8, 4) is 5.75 Å². The van der Waals surface area contributed by atoms with E-state index in [1.54, 1.807) is 13.8 Å². The van der Waals surface area contributed by atoms with Crippen LogP contribution in [0.2, 0.25) is 0 Å². The van der Waals surface area contributed by atoms with Gasteiger partial charge in [0.05, 0.1) is 24.5 Å². The summed E-state index contributed by atoms with van der Waals surface area (Å²) in [6.45, 7) is 10.0. The number of aliphatic hydroxyl groups is 1. The zero-order valence-electron chi connectivity index (χ0n) is 54.6. The number of nitrogens with zero attached hydrogens (tertiary/aromatic N) is 2. The summed E-state index contributed by atoms with van der Waals surface area (Å²) in [5.41, 5.74) is 22.9. The molecule has 2 aromatic rings. The fourth-order valence-corrected chi connectivity index (χ4v) is 10.3. The first-order valence-corrected chi connectivity index (χ1v) is 31.6. The lowest BCUT2D eigenvalue weighted by atomic mass is 10.0. The largest absolute Gasteiger partial charge is 0.508 e. The van der Waals surface area contributed by atoms with Crippen LogP contribution in [0.1, 0.15) is 130 Å². The predicted molar refractivity (Wildman–Crippen MR) is 345 cm³/mol. The van der Waals surface area contributed by atoms with Crippen LogP contribution in [0.25, 0.3) is 0 Å². The Morgan fingerprint density at radius 3 is 1.61 bits per heavy atom. The van der Waals surface area contributed by atoms with Gasteiger partial charge in [0, 0.05) is 45.6 Å². The molecule has 1 aromatic heterocycles. The number of hydrogen-bond acceptors (Lipinski definition) is 18. The van der Waals surface area contributed by atoms with E-state index in [4.69, 9.17) is 33.8 Å². The third-order valence-corrected chi connectivity index (χ3v) is 15.1. The second-order valence-electron chi connectivity index (χ2n) is 24.2. The fourth-order valence-electron chi connectivity index (χ4n) is 10.3. The minimum absolute atomic E-state index is 0.0118. The predicted octanol–water partition coefficient (Wildman–Crippen LogP) is -4.64.